The largest absolute Gasteiger partial charge is 0.315 e. The average Bonchev–Trinajstić information content (AvgIpc) is 2.42. The van der Waals surface area contributed by atoms with E-state index in [0.717, 1.165) is 19.3 Å². The third-order valence-electron chi connectivity index (χ3n) is 3.10. The molecule has 0 unspecified atom stereocenters. The van der Waals surface area contributed by atoms with Gasteiger partial charge in [-0.25, -0.2) is 0 Å². The molecule has 0 atom stereocenters. The van der Waals surface area contributed by atoms with Crippen molar-refractivity contribution in [1.29, 1.82) is 0 Å². The lowest BCUT2D eigenvalue weighted by molar-refractivity contribution is 0.972. The van der Waals surface area contributed by atoms with Crippen LogP contribution >= 0.6 is 0 Å². The van der Waals surface area contributed by atoms with Crippen molar-refractivity contribution in [3.8, 4) is 0 Å². The van der Waals surface area contributed by atoms with Gasteiger partial charge in [-0.05, 0) is 44.4 Å². The van der Waals surface area contributed by atoms with Gasteiger partial charge in [0.15, 0.2) is 0 Å². The van der Waals surface area contributed by atoms with Gasteiger partial charge in [-0.3, -0.25) is 0 Å². The van der Waals surface area contributed by atoms with Crippen LogP contribution in [0.5, 0.6) is 0 Å². The molecule has 1 aliphatic carbocycles. The maximum absolute atomic E-state index is 2.33. The second-order valence-corrected chi connectivity index (χ2v) is 4.53. The summed E-state index contributed by atoms with van der Waals surface area (Å²) >= 11 is 0. The number of hydrogen-bond donors (Lipinski definition) is 0. The van der Waals surface area contributed by atoms with Crippen LogP contribution in [0.3, 0.4) is 0 Å². The standard InChI is InChI=1S/C17H21N/c1-3-10-15(2)18(16-11-6-4-7-12-16)17-13-8-5-9-14-17/h4,6-8,10-14H,3,5,9H2,1-2H3/b15-10+. The molecule has 0 spiro atoms. The molecule has 1 aliphatic rings. The lowest BCUT2D eigenvalue weighted by atomic mass is 10.1. The Morgan fingerprint density at radius 2 is 2.00 bits per heavy atom. The first kappa shape index (κ1) is 12.7. The normalized spacial score (nSPS) is 15.4. The van der Waals surface area contributed by atoms with Gasteiger partial charge in [0.1, 0.15) is 0 Å². The monoisotopic (exact) mass is 239 g/mol. The lowest BCUT2D eigenvalue weighted by Crippen LogP contribution is -2.20. The Morgan fingerprint density at radius 3 is 2.61 bits per heavy atom. The zero-order chi connectivity index (χ0) is 12.8. The summed E-state index contributed by atoms with van der Waals surface area (Å²) in [4.78, 5) is 2.33. The molecule has 1 heteroatoms. The fourth-order valence-electron chi connectivity index (χ4n) is 2.29. The molecule has 0 radical (unpaired) electrons. The van der Waals surface area contributed by atoms with Crippen LogP contribution in [0.1, 0.15) is 33.1 Å². The van der Waals surface area contributed by atoms with Crippen molar-refractivity contribution in [2.45, 2.75) is 33.1 Å². The molecule has 0 heterocycles. The third kappa shape index (κ3) is 2.92. The summed E-state index contributed by atoms with van der Waals surface area (Å²) in [5, 5.41) is 0. The molecule has 0 bridgehead atoms. The molecule has 18 heavy (non-hydrogen) atoms. The summed E-state index contributed by atoms with van der Waals surface area (Å²) in [5.41, 5.74) is 3.81. The van der Waals surface area contributed by atoms with Crippen LogP contribution in [-0.2, 0) is 0 Å². The van der Waals surface area contributed by atoms with Crippen molar-refractivity contribution < 1.29 is 0 Å². The summed E-state index contributed by atoms with van der Waals surface area (Å²) in [5.74, 6) is 0. The van der Waals surface area contributed by atoms with Gasteiger partial charge in [0.05, 0.1) is 0 Å². The van der Waals surface area contributed by atoms with Gasteiger partial charge < -0.3 is 4.90 Å². The number of allylic oxidation sites excluding steroid dienone is 5. The van der Waals surface area contributed by atoms with Gasteiger partial charge in [-0.2, -0.15) is 0 Å². The first-order chi connectivity index (χ1) is 8.83. The highest BCUT2D eigenvalue weighted by Crippen LogP contribution is 2.27. The van der Waals surface area contributed by atoms with Crippen LogP contribution in [0.25, 0.3) is 0 Å². The molecule has 2 rings (SSSR count). The van der Waals surface area contributed by atoms with Crippen LogP contribution in [0.4, 0.5) is 5.69 Å². The summed E-state index contributed by atoms with van der Waals surface area (Å²) in [6.07, 6.45) is 12.4. The number of nitrogens with zero attached hydrogens (tertiary/aromatic N) is 1. The first-order valence-corrected chi connectivity index (χ1v) is 6.71. The van der Waals surface area contributed by atoms with Gasteiger partial charge in [0.2, 0.25) is 0 Å². The molecule has 1 aromatic carbocycles. The van der Waals surface area contributed by atoms with Gasteiger partial charge in [0, 0.05) is 17.1 Å². The van der Waals surface area contributed by atoms with E-state index in [9.17, 15) is 0 Å². The molecular weight excluding hydrogens is 218 g/mol. The van der Waals surface area contributed by atoms with E-state index in [1.54, 1.807) is 0 Å². The van der Waals surface area contributed by atoms with Crippen LogP contribution in [0, 0.1) is 0 Å². The third-order valence-corrected chi connectivity index (χ3v) is 3.10. The van der Waals surface area contributed by atoms with Gasteiger partial charge in [0.25, 0.3) is 0 Å². The molecular formula is C17H21N. The second-order valence-electron chi connectivity index (χ2n) is 4.53. The summed E-state index contributed by atoms with van der Waals surface area (Å²) < 4.78 is 0. The Morgan fingerprint density at radius 1 is 1.22 bits per heavy atom. The van der Waals surface area contributed by atoms with Crippen LogP contribution in [0.15, 0.2) is 66.0 Å². The molecule has 0 fully saturated rings. The fourth-order valence-corrected chi connectivity index (χ4v) is 2.29. The SMILES string of the molecule is CC/C=C(\C)N(C1=CCCC=C1)c1ccccc1. The van der Waals surface area contributed by atoms with E-state index < -0.39 is 0 Å². The molecule has 0 saturated heterocycles. The number of rotatable bonds is 4. The van der Waals surface area contributed by atoms with Crippen molar-refractivity contribution in [2.24, 2.45) is 0 Å². The highest BCUT2D eigenvalue weighted by atomic mass is 15.1. The van der Waals surface area contributed by atoms with Gasteiger partial charge in [-0.1, -0.05) is 43.4 Å². The molecule has 94 valence electrons. The zero-order valence-electron chi connectivity index (χ0n) is 11.3. The van der Waals surface area contributed by atoms with Crippen molar-refractivity contribution in [3.05, 3.63) is 66.0 Å². The highest BCUT2D eigenvalue weighted by molar-refractivity contribution is 5.60. The molecule has 0 saturated carbocycles. The Labute approximate surface area is 110 Å². The van der Waals surface area contributed by atoms with E-state index in [0.29, 0.717) is 0 Å². The van der Waals surface area contributed by atoms with E-state index in [4.69, 9.17) is 0 Å². The minimum Gasteiger partial charge on any atom is -0.315 e. The maximum Gasteiger partial charge on any atom is 0.0457 e. The predicted molar refractivity (Wildman–Crippen MR) is 79.4 cm³/mol. The van der Waals surface area contributed by atoms with Crippen molar-refractivity contribution in [1.82, 2.24) is 0 Å². The van der Waals surface area contributed by atoms with Crippen LogP contribution in [0.2, 0.25) is 0 Å². The number of benzene rings is 1. The summed E-state index contributed by atoms with van der Waals surface area (Å²) in [6, 6.07) is 10.6. The van der Waals surface area contributed by atoms with Crippen LogP contribution < -0.4 is 4.90 Å². The lowest BCUT2D eigenvalue weighted by Gasteiger charge is -2.28. The maximum atomic E-state index is 2.33. The molecule has 0 aliphatic heterocycles. The Balaban J connectivity index is 2.38. The average molecular weight is 239 g/mol. The van der Waals surface area contributed by atoms with E-state index in [-0.39, 0.29) is 0 Å². The van der Waals surface area contributed by atoms with E-state index in [1.807, 2.05) is 0 Å². The molecule has 0 amide bonds. The molecule has 1 aromatic rings. The van der Waals surface area contributed by atoms with Gasteiger partial charge in [-0.15, -0.1) is 0 Å². The Hall–Kier alpha value is -1.76. The molecule has 1 nitrogen and oxygen atoms in total. The Bertz CT molecular complexity index is 466. The topological polar surface area (TPSA) is 3.24 Å². The van der Waals surface area contributed by atoms with E-state index in [1.165, 1.54) is 17.1 Å². The minimum absolute atomic E-state index is 1.06. The Kier molecular flexibility index (Phi) is 4.40. The molecule has 0 aromatic heterocycles. The van der Waals surface area contributed by atoms with E-state index in [2.05, 4.69) is 73.4 Å². The summed E-state index contributed by atoms with van der Waals surface area (Å²) in [6.45, 7) is 4.36. The number of para-hydroxylation sites is 1. The number of anilines is 1. The minimum atomic E-state index is 1.06. The van der Waals surface area contributed by atoms with Crippen molar-refractivity contribution >= 4 is 5.69 Å². The van der Waals surface area contributed by atoms with Crippen molar-refractivity contribution in [3.63, 3.8) is 0 Å². The van der Waals surface area contributed by atoms with Crippen molar-refractivity contribution in [2.75, 3.05) is 4.90 Å². The fraction of sp³-hybridized carbons (Fsp3) is 0.294. The van der Waals surface area contributed by atoms with Gasteiger partial charge >= 0.3 is 0 Å². The molecule has 0 N–H and O–H groups in total. The smallest absolute Gasteiger partial charge is 0.0457 e. The number of hydrogen-bond acceptors (Lipinski definition) is 1. The summed E-state index contributed by atoms with van der Waals surface area (Å²) in [7, 11) is 0. The van der Waals surface area contributed by atoms with E-state index >= 15 is 0 Å². The first-order valence-electron chi connectivity index (χ1n) is 6.71. The zero-order valence-corrected chi connectivity index (χ0v) is 11.3. The van der Waals surface area contributed by atoms with Crippen LogP contribution in [-0.4, -0.2) is 0 Å². The quantitative estimate of drug-likeness (QED) is 0.711. The second kappa shape index (κ2) is 6.25. The predicted octanol–water partition coefficient (Wildman–Crippen LogP) is 5.04. The highest BCUT2D eigenvalue weighted by Gasteiger charge is 2.12.